The fourth-order valence-electron chi connectivity index (χ4n) is 2.57. The Labute approximate surface area is 152 Å². The second-order valence-electron chi connectivity index (χ2n) is 5.32. The van der Waals surface area contributed by atoms with Crippen molar-refractivity contribution in [2.24, 2.45) is 0 Å². The molecule has 1 aromatic carbocycles. The van der Waals surface area contributed by atoms with Crippen molar-refractivity contribution in [2.45, 2.75) is 13.8 Å². The Bertz CT molecular complexity index is 886. The van der Waals surface area contributed by atoms with Crippen molar-refractivity contribution in [2.75, 3.05) is 11.9 Å². The molecular weight excluding hydrogens is 396 g/mol. The minimum Gasteiger partial charge on any atom is -0.462 e. The van der Waals surface area contributed by atoms with Crippen molar-refractivity contribution in [3.05, 3.63) is 50.2 Å². The summed E-state index contributed by atoms with van der Waals surface area (Å²) >= 11 is 9.43. The molecular formula is C17H14BrClN2O3. The molecule has 24 heavy (non-hydrogen) atoms. The first-order valence-electron chi connectivity index (χ1n) is 7.30. The zero-order valence-electron chi connectivity index (χ0n) is 13.0. The monoisotopic (exact) mass is 408 g/mol. The number of aryl methyl sites for hydroxylation is 1. The lowest BCUT2D eigenvalue weighted by Crippen LogP contribution is -2.06. The lowest BCUT2D eigenvalue weighted by Gasteiger charge is -2.03. The van der Waals surface area contributed by atoms with Crippen LogP contribution in [-0.2, 0) is 9.53 Å². The van der Waals surface area contributed by atoms with Crippen molar-refractivity contribution in [1.29, 1.82) is 0 Å². The van der Waals surface area contributed by atoms with Crippen LogP contribution >= 0.6 is 27.5 Å². The zero-order chi connectivity index (χ0) is 17.4. The Hall–Kier alpha value is -2.05. The third kappa shape index (κ3) is 2.99. The number of aromatic amines is 1. The number of aromatic nitrogens is 1. The van der Waals surface area contributed by atoms with Crippen LogP contribution in [-0.4, -0.2) is 23.5 Å². The molecule has 2 aromatic rings. The number of hydrogen-bond donors (Lipinski definition) is 2. The number of fused-ring (bicyclic) bond motifs is 1. The van der Waals surface area contributed by atoms with Gasteiger partial charge in [0.25, 0.3) is 5.91 Å². The van der Waals surface area contributed by atoms with Gasteiger partial charge >= 0.3 is 5.97 Å². The minimum absolute atomic E-state index is 0.249. The highest BCUT2D eigenvalue weighted by molar-refractivity contribution is 9.10. The molecule has 3 rings (SSSR count). The summed E-state index contributed by atoms with van der Waals surface area (Å²) in [7, 11) is 0. The highest BCUT2D eigenvalue weighted by atomic mass is 79.9. The molecule has 1 amide bonds. The van der Waals surface area contributed by atoms with Crippen LogP contribution in [0.5, 0.6) is 0 Å². The Kier molecular flexibility index (Phi) is 4.51. The molecule has 1 aliphatic rings. The van der Waals surface area contributed by atoms with E-state index in [0.29, 0.717) is 32.0 Å². The summed E-state index contributed by atoms with van der Waals surface area (Å²) in [5, 5.41) is 3.29. The fourth-order valence-corrected chi connectivity index (χ4v) is 3.08. The number of carbonyl (C=O) groups excluding carboxylic acids is 2. The molecule has 2 heterocycles. The molecule has 0 saturated heterocycles. The zero-order valence-corrected chi connectivity index (χ0v) is 15.3. The first-order chi connectivity index (χ1) is 11.4. The van der Waals surface area contributed by atoms with E-state index in [1.165, 1.54) is 0 Å². The van der Waals surface area contributed by atoms with Crippen LogP contribution in [0.25, 0.3) is 11.6 Å². The number of nitrogens with one attached hydrogen (secondary N) is 2. The van der Waals surface area contributed by atoms with Crippen molar-refractivity contribution in [3.63, 3.8) is 0 Å². The average molecular weight is 410 g/mol. The van der Waals surface area contributed by atoms with Gasteiger partial charge in [-0.05, 0) is 54.1 Å². The maximum Gasteiger partial charge on any atom is 0.340 e. The number of benzene rings is 1. The molecule has 0 aliphatic carbocycles. The van der Waals surface area contributed by atoms with Crippen molar-refractivity contribution >= 4 is 56.7 Å². The predicted octanol–water partition coefficient (Wildman–Crippen LogP) is 4.41. The van der Waals surface area contributed by atoms with E-state index in [1.807, 2.05) is 6.92 Å². The topological polar surface area (TPSA) is 71.2 Å². The summed E-state index contributed by atoms with van der Waals surface area (Å²) in [6.07, 6.45) is 1.65. The van der Waals surface area contributed by atoms with Gasteiger partial charge in [0.05, 0.1) is 34.1 Å². The lowest BCUT2D eigenvalue weighted by molar-refractivity contribution is -0.110. The summed E-state index contributed by atoms with van der Waals surface area (Å²) < 4.78 is 5.76. The highest BCUT2D eigenvalue weighted by Gasteiger charge is 2.26. The van der Waals surface area contributed by atoms with E-state index in [-0.39, 0.29) is 12.5 Å². The lowest BCUT2D eigenvalue weighted by atomic mass is 10.0. The van der Waals surface area contributed by atoms with Gasteiger partial charge in [-0.25, -0.2) is 4.79 Å². The molecule has 124 valence electrons. The number of anilines is 1. The quantitative estimate of drug-likeness (QED) is 0.583. The van der Waals surface area contributed by atoms with Gasteiger partial charge in [0.2, 0.25) is 0 Å². The summed E-state index contributed by atoms with van der Waals surface area (Å²) in [4.78, 5) is 27.5. The Morgan fingerprint density at radius 3 is 2.83 bits per heavy atom. The van der Waals surface area contributed by atoms with Crippen LogP contribution in [0.3, 0.4) is 0 Å². The van der Waals surface area contributed by atoms with Gasteiger partial charge < -0.3 is 15.0 Å². The van der Waals surface area contributed by atoms with Crippen LogP contribution in [0, 0.1) is 6.92 Å². The molecule has 2 N–H and O–H groups in total. The maximum atomic E-state index is 12.3. The van der Waals surface area contributed by atoms with E-state index in [0.717, 1.165) is 11.3 Å². The van der Waals surface area contributed by atoms with E-state index < -0.39 is 5.97 Å². The SMILES string of the molecule is CCOC(=O)c1cc(C)[nH]c1/C=C1\C(=O)Nc2cc(Cl)c(Br)cc21. The van der Waals surface area contributed by atoms with Gasteiger partial charge in [-0.1, -0.05) is 11.6 Å². The second-order valence-corrected chi connectivity index (χ2v) is 6.59. The van der Waals surface area contributed by atoms with Crippen LogP contribution in [0.15, 0.2) is 22.7 Å². The Morgan fingerprint density at radius 1 is 1.38 bits per heavy atom. The first kappa shape index (κ1) is 16.8. The highest BCUT2D eigenvalue weighted by Crippen LogP contribution is 2.38. The largest absolute Gasteiger partial charge is 0.462 e. The Balaban J connectivity index is 2.09. The molecule has 0 bridgehead atoms. The second kappa shape index (κ2) is 6.45. The van der Waals surface area contributed by atoms with Gasteiger partial charge in [-0.15, -0.1) is 0 Å². The van der Waals surface area contributed by atoms with Crippen molar-refractivity contribution in [1.82, 2.24) is 4.98 Å². The van der Waals surface area contributed by atoms with Crippen molar-refractivity contribution < 1.29 is 14.3 Å². The molecule has 0 atom stereocenters. The van der Waals surface area contributed by atoms with Crippen LogP contribution in [0.4, 0.5) is 5.69 Å². The van der Waals surface area contributed by atoms with E-state index in [4.69, 9.17) is 16.3 Å². The van der Waals surface area contributed by atoms with Gasteiger partial charge in [-0.2, -0.15) is 0 Å². The summed E-state index contributed by atoms with van der Waals surface area (Å²) in [6.45, 7) is 3.87. The predicted molar refractivity (Wildman–Crippen MR) is 97.1 cm³/mol. The number of H-pyrrole nitrogens is 1. The minimum atomic E-state index is -0.426. The van der Waals surface area contributed by atoms with Crippen LogP contribution < -0.4 is 5.32 Å². The van der Waals surface area contributed by atoms with Gasteiger partial charge in [-0.3, -0.25) is 4.79 Å². The fraction of sp³-hybridized carbons (Fsp3) is 0.176. The maximum absolute atomic E-state index is 12.3. The van der Waals surface area contributed by atoms with Gasteiger partial charge in [0.15, 0.2) is 0 Å². The molecule has 0 fully saturated rings. The number of esters is 1. The molecule has 1 aromatic heterocycles. The third-order valence-corrected chi connectivity index (χ3v) is 4.81. The van der Waals surface area contributed by atoms with Crippen LogP contribution in [0.1, 0.15) is 34.2 Å². The van der Waals surface area contributed by atoms with Gasteiger partial charge in [0.1, 0.15) is 0 Å². The normalized spacial score (nSPS) is 14.7. The standard InChI is InChI=1S/C17H14BrClN2O3/c1-3-24-17(23)11-4-8(2)20-14(11)6-10-9-5-12(18)13(19)7-15(9)21-16(10)22/h4-7,20H,3H2,1-2H3,(H,21,22)/b10-6-. The van der Waals surface area contributed by atoms with E-state index >= 15 is 0 Å². The van der Waals surface area contributed by atoms with E-state index in [2.05, 4.69) is 26.2 Å². The summed E-state index contributed by atoms with van der Waals surface area (Å²) in [5.41, 5.74) is 3.56. The summed E-state index contributed by atoms with van der Waals surface area (Å²) in [5.74, 6) is -0.675. The smallest absolute Gasteiger partial charge is 0.340 e. The molecule has 1 aliphatic heterocycles. The number of amides is 1. The molecule has 0 radical (unpaired) electrons. The van der Waals surface area contributed by atoms with Gasteiger partial charge in [0, 0.05) is 15.7 Å². The number of hydrogen-bond acceptors (Lipinski definition) is 3. The molecule has 0 saturated carbocycles. The Morgan fingerprint density at radius 2 is 2.12 bits per heavy atom. The number of carbonyl (C=O) groups is 2. The van der Waals surface area contributed by atoms with E-state index in [9.17, 15) is 9.59 Å². The third-order valence-electron chi connectivity index (χ3n) is 3.61. The molecule has 0 spiro atoms. The average Bonchev–Trinajstić information content (AvgIpc) is 3.02. The van der Waals surface area contributed by atoms with Crippen LogP contribution in [0.2, 0.25) is 5.02 Å². The number of halogens is 2. The van der Waals surface area contributed by atoms with Crippen molar-refractivity contribution in [3.8, 4) is 0 Å². The summed E-state index contributed by atoms with van der Waals surface area (Å²) in [6, 6.07) is 5.17. The molecule has 5 nitrogen and oxygen atoms in total. The molecule has 0 unspecified atom stereocenters. The first-order valence-corrected chi connectivity index (χ1v) is 8.47. The number of ether oxygens (including phenoxy) is 1. The number of rotatable bonds is 3. The van der Waals surface area contributed by atoms with E-state index in [1.54, 1.807) is 31.2 Å². The molecule has 7 heteroatoms.